The second-order valence-corrected chi connectivity index (χ2v) is 5.70. The molecule has 1 fully saturated rings. The molecule has 1 aliphatic rings. The molecule has 1 saturated carbocycles. The number of nitrogens with zero attached hydrogens (tertiary/aromatic N) is 1. The molecule has 1 aliphatic carbocycles. The van der Waals surface area contributed by atoms with Crippen LogP contribution in [0.2, 0.25) is 5.02 Å². The number of benzene rings is 2. The van der Waals surface area contributed by atoms with E-state index in [4.69, 9.17) is 11.6 Å². The molecule has 3 rings (SSSR count). The zero-order valence-corrected chi connectivity index (χ0v) is 12.1. The number of hydrogen-bond acceptors (Lipinski definition) is 3. The van der Waals surface area contributed by atoms with Crippen LogP contribution in [0.1, 0.15) is 29.9 Å². The Morgan fingerprint density at radius 2 is 2.05 bits per heavy atom. The summed E-state index contributed by atoms with van der Waals surface area (Å²) >= 11 is 5.80. The van der Waals surface area contributed by atoms with Crippen LogP contribution in [0, 0.1) is 10.1 Å². The number of nitrogens with one attached hydrogen (secondary N) is 1. The summed E-state index contributed by atoms with van der Waals surface area (Å²) in [6.07, 6.45) is 2.56. The van der Waals surface area contributed by atoms with Crippen molar-refractivity contribution in [2.24, 2.45) is 0 Å². The van der Waals surface area contributed by atoms with Gasteiger partial charge < -0.3 is 5.32 Å². The molecule has 0 aliphatic heterocycles. The molecule has 2 aromatic rings. The minimum absolute atomic E-state index is 0.0756. The van der Waals surface area contributed by atoms with E-state index in [0.29, 0.717) is 12.2 Å². The van der Waals surface area contributed by atoms with Gasteiger partial charge in [-0.25, -0.2) is 0 Å². The van der Waals surface area contributed by atoms with Gasteiger partial charge in [0.05, 0.1) is 4.92 Å². The SMILES string of the molecule is O=[N+]([O-])c1cc(NCc2cccc(C3CC3)c2)ccc1Cl. The highest BCUT2D eigenvalue weighted by molar-refractivity contribution is 6.32. The first-order chi connectivity index (χ1) is 10.1. The fourth-order valence-corrected chi connectivity index (χ4v) is 2.53. The smallest absolute Gasteiger partial charge is 0.289 e. The molecule has 0 spiro atoms. The number of nitro benzene ring substituents is 1. The highest BCUT2D eigenvalue weighted by atomic mass is 35.5. The largest absolute Gasteiger partial charge is 0.381 e. The molecule has 2 aromatic carbocycles. The maximum atomic E-state index is 10.9. The van der Waals surface area contributed by atoms with Crippen molar-refractivity contribution in [1.82, 2.24) is 0 Å². The highest BCUT2D eigenvalue weighted by Crippen LogP contribution is 2.40. The third kappa shape index (κ3) is 3.34. The van der Waals surface area contributed by atoms with Crippen molar-refractivity contribution >= 4 is 23.0 Å². The normalized spacial score (nSPS) is 14.0. The number of anilines is 1. The molecule has 5 heteroatoms. The Morgan fingerprint density at radius 3 is 2.76 bits per heavy atom. The van der Waals surface area contributed by atoms with Crippen LogP contribution in [-0.2, 0) is 6.54 Å². The van der Waals surface area contributed by atoms with Gasteiger partial charge in [-0.15, -0.1) is 0 Å². The molecule has 0 radical (unpaired) electrons. The summed E-state index contributed by atoms with van der Waals surface area (Å²) in [6.45, 7) is 0.638. The molecule has 0 amide bonds. The van der Waals surface area contributed by atoms with E-state index in [1.807, 2.05) is 0 Å². The average molecular weight is 303 g/mol. The predicted octanol–water partition coefficient (Wildman–Crippen LogP) is 4.74. The lowest BCUT2D eigenvalue weighted by Gasteiger charge is -2.08. The van der Waals surface area contributed by atoms with Crippen LogP contribution >= 0.6 is 11.6 Å². The van der Waals surface area contributed by atoms with Crippen LogP contribution in [0.3, 0.4) is 0 Å². The topological polar surface area (TPSA) is 55.2 Å². The molecule has 0 saturated heterocycles. The van der Waals surface area contributed by atoms with Crippen LogP contribution < -0.4 is 5.32 Å². The number of halogens is 1. The Hall–Kier alpha value is -2.07. The zero-order valence-electron chi connectivity index (χ0n) is 11.4. The summed E-state index contributed by atoms with van der Waals surface area (Å²) in [5.74, 6) is 0.724. The fraction of sp³-hybridized carbons (Fsp3) is 0.250. The molecule has 1 N–H and O–H groups in total. The van der Waals surface area contributed by atoms with E-state index in [-0.39, 0.29) is 10.7 Å². The molecule has 0 unspecified atom stereocenters. The van der Waals surface area contributed by atoms with Gasteiger partial charge in [0.25, 0.3) is 5.69 Å². The van der Waals surface area contributed by atoms with Crippen molar-refractivity contribution < 1.29 is 4.92 Å². The van der Waals surface area contributed by atoms with Gasteiger partial charge in [0, 0.05) is 18.3 Å². The minimum Gasteiger partial charge on any atom is -0.381 e. The van der Waals surface area contributed by atoms with E-state index in [0.717, 1.165) is 5.92 Å². The Labute approximate surface area is 127 Å². The summed E-state index contributed by atoms with van der Waals surface area (Å²) in [5.41, 5.74) is 3.18. The van der Waals surface area contributed by atoms with Gasteiger partial charge >= 0.3 is 0 Å². The summed E-state index contributed by atoms with van der Waals surface area (Å²) in [5, 5.41) is 14.2. The summed E-state index contributed by atoms with van der Waals surface area (Å²) in [7, 11) is 0. The Bertz CT molecular complexity index is 684. The first-order valence-corrected chi connectivity index (χ1v) is 7.28. The van der Waals surface area contributed by atoms with Crippen LogP contribution in [0.15, 0.2) is 42.5 Å². The molecular weight excluding hydrogens is 288 g/mol. The number of hydrogen-bond donors (Lipinski definition) is 1. The molecule has 0 bridgehead atoms. The maximum Gasteiger partial charge on any atom is 0.289 e. The fourth-order valence-electron chi connectivity index (χ4n) is 2.34. The van der Waals surface area contributed by atoms with E-state index in [1.165, 1.54) is 30.0 Å². The van der Waals surface area contributed by atoms with Crippen LogP contribution in [0.4, 0.5) is 11.4 Å². The lowest BCUT2D eigenvalue weighted by atomic mass is 10.1. The Morgan fingerprint density at radius 1 is 1.24 bits per heavy atom. The summed E-state index contributed by atoms with van der Waals surface area (Å²) in [4.78, 5) is 10.4. The van der Waals surface area contributed by atoms with Gasteiger partial charge in [-0.3, -0.25) is 10.1 Å². The molecular formula is C16H15ClN2O2. The lowest BCUT2D eigenvalue weighted by molar-refractivity contribution is -0.384. The van der Waals surface area contributed by atoms with Crippen molar-refractivity contribution in [2.75, 3.05) is 5.32 Å². The van der Waals surface area contributed by atoms with Gasteiger partial charge in [-0.05, 0) is 42.0 Å². The van der Waals surface area contributed by atoms with Gasteiger partial charge in [0.1, 0.15) is 5.02 Å². The second kappa shape index (κ2) is 5.74. The van der Waals surface area contributed by atoms with Crippen LogP contribution in [-0.4, -0.2) is 4.92 Å². The first-order valence-electron chi connectivity index (χ1n) is 6.90. The van der Waals surface area contributed by atoms with E-state index in [9.17, 15) is 10.1 Å². The highest BCUT2D eigenvalue weighted by Gasteiger charge is 2.23. The zero-order chi connectivity index (χ0) is 14.8. The molecule has 0 atom stereocenters. The van der Waals surface area contributed by atoms with Gasteiger partial charge in [0.2, 0.25) is 0 Å². The van der Waals surface area contributed by atoms with Gasteiger partial charge in [-0.1, -0.05) is 35.9 Å². The summed E-state index contributed by atoms with van der Waals surface area (Å²) < 4.78 is 0. The minimum atomic E-state index is -0.471. The van der Waals surface area contributed by atoms with Gasteiger partial charge in [0.15, 0.2) is 0 Å². The van der Waals surface area contributed by atoms with Crippen molar-refractivity contribution in [3.63, 3.8) is 0 Å². The van der Waals surface area contributed by atoms with Crippen LogP contribution in [0.25, 0.3) is 0 Å². The van der Waals surface area contributed by atoms with Crippen molar-refractivity contribution in [3.8, 4) is 0 Å². The van der Waals surface area contributed by atoms with Crippen molar-refractivity contribution in [1.29, 1.82) is 0 Å². The molecule has 4 nitrogen and oxygen atoms in total. The average Bonchev–Trinajstić information content (AvgIpc) is 3.31. The van der Waals surface area contributed by atoms with E-state index >= 15 is 0 Å². The maximum absolute atomic E-state index is 10.9. The number of nitro groups is 1. The molecule has 0 aromatic heterocycles. The standard InChI is InChI=1S/C16H15ClN2O2/c17-15-7-6-14(9-16(15)19(20)21)18-10-11-2-1-3-13(8-11)12-4-5-12/h1-3,6-9,12,18H,4-5,10H2. The molecule has 0 heterocycles. The van der Waals surface area contributed by atoms with E-state index < -0.39 is 4.92 Å². The predicted molar refractivity (Wildman–Crippen MR) is 83.9 cm³/mol. The quantitative estimate of drug-likeness (QED) is 0.641. The molecule has 21 heavy (non-hydrogen) atoms. The Balaban J connectivity index is 1.71. The summed E-state index contributed by atoms with van der Waals surface area (Å²) in [6, 6.07) is 13.2. The Kier molecular flexibility index (Phi) is 3.80. The molecule has 108 valence electrons. The van der Waals surface area contributed by atoms with E-state index in [1.54, 1.807) is 12.1 Å². The second-order valence-electron chi connectivity index (χ2n) is 5.30. The third-order valence-electron chi connectivity index (χ3n) is 3.64. The lowest BCUT2D eigenvalue weighted by Crippen LogP contribution is -2.00. The van der Waals surface area contributed by atoms with Crippen LogP contribution in [0.5, 0.6) is 0 Å². The van der Waals surface area contributed by atoms with Gasteiger partial charge in [-0.2, -0.15) is 0 Å². The first kappa shape index (κ1) is 13.9. The third-order valence-corrected chi connectivity index (χ3v) is 3.96. The number of rotatable bonds is 5. The van der Waals surface area contributed by atoms with Crippen molar-refractivity contribution in [2.45, 2.75) is 25.3 Å². The van der Waals surface area contributed by atoms with Crippen molar-refractivity contribution in [3.05, 3.63) is 68.7 Å². The monoisotopic (exact) mass is 302 g/mol. The van der Waals surface area contributed by atoms with E-state index in [2.05, 4.69) is 29.6 Å².